The smallest absolute Gasteiger partial charge is 0.309 e. The number of hydrogen-bond acceptors (Lipinski definition) is 4. The van der Waals surface area contributed by atoms with E-state index in [4.69, 9.17) is 4.74 Å². The lowest BCUT2D eigenvalue weighted by Crippen LogP contribution is -2.34. The molecule has 3 rings (SSSR count). The van der Waals surface area contributed by atoms with Gasteiger partial charge in [-0.1, -0.05) is 35.9 Å². The highest BCUT2D eigenvalue weighted by Crippen LogP contribution is 2.33. The summed E-state index contributed by atoms with van der Waals surface area (Å²) in [5, 5.41) is 0. The molecule has 0 radical (unpaired) electrons. The van der Waals surface area contributed by atoms with Crippen LogP contribution in [-0.2, 0) is 25.7 Å². The molecule has 5 nitrogen and oxygen atoms in total. The minimum atomic E-state index is -0.279. The van der Waals surface area contributed by atoms with E-state index in [9.17, 15) is 14.4 Å². The molecule has 1 saturated heterocycles. The Labute approximate surface area is 160 Å². The van der Waals surface area contributed by atoms with Gasteiger partial charge in [0, 0.05) is 25.4 Å². The highest BCUT2D eigenvalue weighted by molar-refractivity contribution is 5.92. The number of benzene rings is 1. The van der Waals surface area contributed by atoms with E-state index in [0.29, 0.717) is 26.0 Å². The van der Waals surface area contributed by atoms with E-state index in [0.717, 1.165) is 30.4 Å². The summed E-state index contributed by atoms with van der Waals surface area (Å²) < 4.78 is 5.00. The first kappa shape index (κ1) is 19.3. The van der Waals surface area contributed by atoms with Crippen molar-refractivity contribution in [2.45, 2.75) is 58.0 Å². The van der Waals surface area contributed by atoms with Gasteiger partial charge in [0.15, 0.2) is 5.78 Å². The zero-order chi connectivity index (χ0) is 19.2. The van der Waals surface area contributed by atoms with Gasteiger partial charge in [-0.25, -0.2) is 0 Å². The van der Waals surface area contributed by atoms with Crippen molar-refractivity contribution in [1.29, 1.82) is 0 Å². The van der Waals surface area contributed by atoms with E-state index >= 15 is 0 Å². The van der Waals surface area contributed by atoms with Crippen LogP contribution in [-0.4, -0.2) is 35.2 Å². The minimum absolute atomic E-state index is 0.0736. The number of allylic oxidation sites excluding steroid dienone is 1. The first-order chi connectivity index (χ1) is 13.0. The zero-order valence-electron chi connectivity index (χ0n) is 15.9. The molecule has 0 saturated carbocycles. The Kier molecular flexibility index (Phi) is 6.43. The molecule has 27 heavy (non-hydrogen) atoms. The van der Waals surface area contributed by atoms with E-state index in [1.54, 1.807) is 13.0 Å². The minimum Gasteiger partial charge on any atom is -0.466 e. The van der Waals surface area contributed by atoms with Crippen molar-refractivity contribution in [2.75, 3.05) is 6.61 Å². The molecule has 1 aromatic carbocycles. The molecular formula is C22H27NO4. The number of ketones is 1. The molecule has 0 N–H and O–H groups in total. The van der Waals surface area contributed by atoms with Crippen molar-refractivity contribution in [2.24, 2.45) is 5.92 Å². The van der Waals surface area contributed by atoms with Crippen LogP contribution in [0.4, 0.5) is 0 Å². The maximum absolute atomic E-state index is 12.4. The molecule has 1 unspecified atom stereocenters. The van der Waals surface area contributed by atoms with Gasteiger partial charge in [-0.15, -0.1) is 0 Å². The molecule has 1 aliphatic heterocycles. The van der Waals surface area contributed by atoms with Crippen LogP contribution in [0.2, 0.25) is 0 Å². The highest BCUT2D eigenvalue weighted by Gasteiger charge is 2.34. The molecule has 1 amide bonds. The standard InChI is InChI=1S/C22H27NO4/c1-2-27-22(26)14-18-10-17(12-20(24)13-18)11-19-8-9-21(25)23(19)15-16-6-4-3-5-7-16/h3-7,13,17,19H,2,8-12,14-15H2,1H3/t17-,19?/m0/s1. The number of hydrogen-bond donors (Lipinski definition) is 0. The number of ether oxygens (including phenoxy) is 1. The van der Waals surface area contributed by atoms with Gasteiger partial charge >= 0.3 is 5.97 Å². The van der Waals surface area contributed by atoms with E-state index in [1.165, 1.54) is 0 Å². The summed E-state index contributed by atoms with van der Waals surface area (Å²) >= 11 is 0. The number of esters is 1. The second kappa shape index (κ2) is 8.98. The SMILES string of the molecule is CCOC(=O)CC1=CC(=O)C[C@H](CC2CCC(=O)N2Cc2ccccc2)C1. The number of rotatable bonds is 7. The number of carbonyl (C=O) groups is 3. The zero-order valence-corrected chi connectivity index (χ0v) is 15.9. The Morgan fingerprint density at radius 3 is 2.70 bits per heavy atom. The Morgan fingerprint density at radius 1 is 1.19 bits per heavy atom. The van der Waals surface area contributed by atoms with Crippen LogP contribution in [0, 0.1) is 5.92 Å². The maximum Gasteiger partial charge on any atom is 0.309 e. The summed E-state index contributed by atoms with van der Waals surface area (Å²) in [5.74, 6) is 0.165. The van der Waals surface area contributed by atoms with Gasteiger partial charge < -0.3 is 9.64 Å². The lowest BCUT2D eigenvalue weighted by Gasteiger charge is -2.30. The lowest BCUT2D eigenvalue weighted by molar-refractivity contribution is -0.142. The van der Waals surface area contributed by atoms with Gasteiger partial charge in [-0.2, -0.15) is 0 Å². The van der Waals surface area contributed by atoms with Gasteiger partial charge in [0.25, 0.3) is 0 Å². The van der Waals surface area contributed by atoms with Gasteiger partial charge in [0.05, 0.1) is 13.0 Å². The monoisotopic (exact) mass is 369 g/mol. The molecule has 2 atom stereocenters. The van der Waals surface area contributed by atoms with Crippen LogP contribution in [0.15, 0.2) is 42.0 Å². The van der Waals surface area contributed by atoms with Crippen molar-refractivity contribution in [3.63, 3.8) is 0 Å². The molecule has 1 fully saturated rings. The van der Waals surface area contributed by atoms with E-state index in [2.05, 4.69) is 0 Å². The number of likely N-dealkylation sites (tertiary alicyclic amines) is 1. The molecule has 0 bridgehead atoms. The average Bonchev–Trinajstić information content (AvgIpc) is 2.95. The van der Waals surface area contributed by atoms with Gasteiger partial charge in [0.2, 0.25) is 5.91 Å². The van der Waals surface area contributed by atoms with Crippen molar-refractivity contribution in [3.05, 3.63) is 47.5 Å². The van der Waals surface area contributed by atoms with E-state index < -0.39 is 0 Å². The van der Waals surface area contributed by atoms with Gasteiger partial charge in [-0.3, -0.25) is 14.4 Å². The molecule has 144 valence electrons. The summed E-state index contributed by atoms with van der Waals surface area (Å²) in [5.41, 5.74) is 1.98. The predicted octanol–water partition coefficient (Wildman–Crippen LogP) is 3.43. The van der Waals surface area contributed by atoms with Crippen molar-refractivity contribution >= 4 is 17.7 Å². The Morgan fingerprint density at radius 2 is 1.96 bits per heavy atom. The fourth-order valence-electron chi connectivity index (χ4n) is 4.18. The van der Waals surface area contributed by atoms with Crippen LogP contribution in [0.5, 0.6) is 0 Å². The molecule has 1 heterocycles. The van der Waals surface area contributed by atoms with E-state index in [-0.39, 0.29) is 36.0 Å². The van der Waals surface area contributed by atoms with Crippen LogP contribution in [0.25, 0.3) is 0 Å². The number of nitrogens with zero attached hydrogens (tertiary/aromatic N) is 1. The molecule has 5 heteroatoms. The Bertz CT molecular complexity index is 725. The second-order valence-corrected chi connectivity index (χ2v) is 7.46. The molecule has 0 spiro atoms. The maximum atomic E-state index is 12.4. The van der Waals surface area contributed by atoms with Crippen molar-refractivity contribution < 1.29 is 19.1 Å². The average molecular weight is 369 g/mol. The number of amides is 1. The third kappa shape index (κ3) is 5.28. The fraction of sp³-hybridized carbons (Fsp3) is 0.500. The van der Waals surface area contributed by atoms with Crippen molar-refractivity contribution in [1.82, 2.24) is 4.90 Å². The summed E-state index contributed by atoms with van der Waals surface area (Å²) in [6.07, 6.45) is 5.24. The summed E-state index contributed by atoms with van der Waals surface area (Å²) in [7, 11) is 0. The summed E-state index contributed by atoms with van der Waals surface area (Å²) in [4.78, 5) is 38.2. The molecule has 1 aliphatic carbocycles. The van der Waals surface area contributed by atoms with Crippen molar-refractivity contribution in [3.8, 4) is 0 Å². The molecule has 1 aromatic rings. The molecule has 0 aromatic heterocycles. The summed E-state index contributed by atoms with van der Waals surface area (Å²) in [6, 6.07) is 10.2. The van der Waals surface area contributed by atoms with E-state index in [1.807, 2.05) is 35.2 Å². The van der Waals surface area contributed by atoms with Gasteiger partial charge in [0.1, 0.15) is 0 Å². The molecular weight excluding hydrogens is 342 g/mol. The molecule has 2 aliphatic rings. The normalized spacial score (nSPS) is 22.7. The van der Waals surface area contributed by atoms with Crippen LogP contribution < -0.4 is 0 Å². The Hall–Kier alpha value is -2.43. The third-order valence-electron chi connectivity index (χ3n) is 5.34. The largest absolute Gasteiger partial charge is 0.466 e. The first-order valence-corrected chi connectivity index (χ1v) is 9.76. The number of carbonyl (C=O) groups excluding carboxylic acids is 3. The topological polar surface area (TPSA) is 63.7 Å². The fourth-order valence-corrected chi connectivity index (χ4v) is 4.18. The van der Waals surface area contributed by atoms with Gasteiger partial charge in [-0.05, 0) is 43.7 Å². The quantitative estimate of drug-likeness (QED) is 0.691. The first-order valence-electron chi connectivity index (χ1n) is 9.76. The highest BCUT2D eigenvalue weighted by atomic mass is 16.5. The second-order valence-electron chi connectivity index (χ2n) is 7.46. The lowest BCUT2D eigenvalue weighted by atomic mass is 9.82. The summed E-state index contributed by atoms with van der Waals surface area (Å²) in [6.45, 7) is 2.75. The van der Waals surface area contributed by atoms with Crippen LogP contribution >= 0.6 is 0 Å². The third-order valence-corrected chi connectivity index (χ3v) is 5.34. The van der Waals surface area contributed by atoms with Crippen LogP contribution in [0.3, 0.4) is 0 Å². The predicted molar refractivity (Wildman–Crippen MR) is 102 cm³/mol. The Balaban J connectivity index is 1.61. The van der Waals surface area contributed by atoms with Crippen LogP contribution in [0.1, 0.15) is 51.0 Å².